The van der Waals surface area contributed by atoms with Gasteiger partial charge in [0.1, 0.15) is 5.69 Å². The number of hydrogen-bond donors (Lipinski definition) is 3. The van der Waals surface area contributed by atoms with E-state index >= 15 is 0 Å². The van der Waals surface area contributed by atoms with Crippen molar-refractivity contribution in [2.75, 3.05) is 7.11 Å². The zero-order chi connectivity index (χ0) is 15.5. The van der Waals surface area contributed by atoms with Crippen molar-refractivity contribution in [1.29, 1.82) is 0 Å². The standard InChI is InChI=1S/C15H18N4O3/c1-22-13-3-2-9(8-16-13)14(10-6-11(20)7-10)18-15(21)12-4-5-17-19-12/h2-5,8,10-11,14,20H,6-7H2,1H3,(H,17,19)(H,18,21)/t10?,11?,14-/m0/s1. The van der Waals surface area contributed by atoms with Crippen molar-refractivity contribution >= 4 is 5.91 Å². The van der Waals surface area contributed by atoms with Gasteiger partial charge in [-0.15, -0.1) is 0 Å². The van der Waals surface area contributed by atoms with Crippen LogP contribution in [0.4, 0.5) is 0 Å². The monoisotopic (exact) mass is 302 g/mol. The minimum Gasteiger partial charge on any atom is -0.481 e. The number of carbonyl (C=O) groups excluding carboxylic acids is 1. The molecule has 7 nitrogen and oxygen atoms in total. The first-order chi connectivity index (χ1) is 10.7. The number of rotatable bonds is 5. The average molecular weight is 302 g/mol. The maximum absolute atomic E-state index is 12.2. The van der Waals surface area contributed by atoms with Gasteiger partial charge in [0.25, 0.3) is 5.91 Å². The first-order valence-electron chi connectivity index (χ1n) is 7.15. The van der Waals surface area contributed by atoms with Gasteiger partial charge in [-0.05, 0) is 30.4 Å². The normalized spacial score (nSPS) is 21.7. The quantitative estimate of drug-likeness (QED) is 0.766. The van der Waals surface area contributed by atoms with E-state index in [1.54, 1.807) is 25.4 Å². The zero-order valence-corrected chi connectivity index (χ0v) is 12.2. The van der Waals surface area contributed by atoms with Crippen molar-refractivity contribution in [1.82, 2.24) is 20.5 Å². The molecule has 0 unspecified atom stereocenters. The Kier molecular flexibility index (Phi) is 4.06. The van der Waals surface area contributed by atoms with E-state index in [0.29, 0.717) is 24.4 Å². The molecule has 1 aliphatic carbocycles. The molecule has 7 heteroatoms. The summed E-state index contributed by atoms with van der Waals surface area (Å²) in [7, 11) is 1.56. The Labute approximate surface area is 127 Å². The number of hydrogen-bond acceptors (Lipinski definition) is 5. The van der Waals surface area contributed by atoms with E-state index in [1.165, 1.54) is 6.20 Å². The van der Waals surface area contributed by atoms with Crippen molar-refractivity contribution in [2.24, 2.45) is 5.92 Å². The van der Waals surface area contributed by atoms with Crippen LogP contribution in [-0.2, 0) is 0 Å². The second-order valence-corrected chi connectivity index (χ2v) is 5.44. The molecule has 1 amide bonds. The number of H-pyrrole nitrogens is 1. The number of nitrogens with one attached hydrogen (secondary N) is 2. The molecule has 0 aromatic carbocycles. The minimum atomic E-state index is -0.289. The number of amides is 1. The van der Waals surface area contributed by atoms with Crippen LogP contribution >= 0.6 is 0 Å². The summed E-state index contributed by atoms with van der Waals surface area (Å²) in [6.45, 7) is 0. The summed E-state index contributed by atoms with van der Waals surface area (Å²) in [4.78, 5) is 16.4. The summed E-state index contributed by atoms with van der Waals surface area (Å²) < 4.78 is 5.06. The van der Waals surface area contributed by atoms with Gasteiger partial charge in [0, 0.05) is 18.5 Å². The maximum atomic E-state index is 12.2. The largest absolute Gasteiger partial charge is 0.481 e. The Bertz CT molecular complexity index is 621. The maximum Gasteiger partial charge on any atom is 0.269 e. The average Bonchev–Trinajstić information content (AvgIpc) is 3.04. The van der Waals surface area contributed by atoms with Crippen molar-refractivity contribution in [3.63, 3.8) is 0 Å². The smallest absolute Gasteiger partial charge is 0.269 e. The van der Waals surface area contributed by atoms with Crippen LogP contribution < -0.4 is 10.1 Å². The second-order valence-electron chi connectivity index (χ2n) is 5.44. The van der Waals surface area contributed by atoms with E-state index in [0.717, 1.165) is 5.56 Å². The fourth-order valence-corrected chi connectivity index (χ4v) is 2.67. The van der Waals surface area contributed by atoms with Crippen LogP contribution in [0.2, 0.25) is 0 Å². The van der Waals surface area contributed by atoms with E-state index in [4.69, 9.17) is 4.74 Å². The van der Waals surface area contributed by atoms with E-state index in [9.17, 15) is 9.90 Å². The molecule has 0 radical (unpaired) electrons. The number of aromatic amines is 1. The Morgan fingerprint density at radius 3 is 2.82 bits per heavy atom. The van der Waals surface area contributed by atoms with Gasteiger partial charge in [-0.2, -0.15) is 5.10 Å². The third-order valence-electron chi connectivity index (χ3n) is 3.98. The van der Waals surface area contributed by atoms with Crippen LogP contribution in [0.3, 0.4) is 0 Å². The Morgan fingerprint density at radius 2 is 2.27 bits per heavy atom. The number of aromatic nitrogens is 3. The highest BCUT2D eigenvalue weighted by atomic mass is 16.5. The van der Waals surface area contributed by atoms with Crippen LogP contribution in [0.5, 0.6) is 5.88 Å². The Morgan fingerprint density at radius 1 is 1.45 bits per heavy atom. The molecule has 1 fully saturated rings. The van der Waals surface area contributed by atoms with Crippen molar-refractivity contribution < 1.29 is 14.6 Å². The number of aliphatic hydroxyl groups is 1. The predicted molar refractivity (Wildman–Crippen MR) is 78.3 cm³/mol. The Balaban J connectivity index is 1.78. The molecule has 3 N–H and O–H groups in total. The van der Waals surface area contributed by atoms with Crippen LogP contribution in [0.15, 0.2) is 30.6 Å². The van der Waals surface area contributed by atoms with Crippen molar-refractivity contribution in [2.45, 2.75) is 25.0 Å². The molecule has 0 bridgehead atoms. The number of carbonyl (C=O) groups is 1. The van der Waals surface area contributed by atoms with Gasteiger partial charge in [0.05, 0.1) is 19.3 Å². The van der Waals surface area contributed by atoms with Crippen LogP contribution in [0.1, 0.15) is 34.9 Å². The molecule has 1 saturated carbocycles. The van der Waals surface area contributed by atoms with E-state index in [1.807, 2.05) is 6.07 Å². The number of methoxy groups -OCH3 is 1. The summed E-state index contributed by atoms with van der Waals surface area (Å²) in [5.74, 6) is 0.493. The van der Waals surface area contributed by atoms with E-state index in [-0.39, 0.29) is 24.0 Å². The molecule has 116 valence electrons. The summed E-state index contributed by atoms with van der Waals surface area (Å²) in [5.41, 5.74) is 1.30. The summed E-state index contributed by atoms with van der Waals surface area (Å²) in [6, 6.07) is 5.07. The summed E-state index contributed by atoms with van der Waals surface area (Å²) >= 11 is 0. The van der Waals surface area contributed by atoms with Gasteiger partial charge in [-0.1, -0.05) is 6.07 Å². The zero-order valence-electron chi connectivity index (χ0n) is 12.2. The highest BCUT2D eigenvalue weighted by molar-refractivity contribution is 5.92. The molecule has 0 aliphatic heterocycles. The number of pyridine rings is 1. The third kappa shape index (κ3) is 2.94. The second kappa shape index (κ2) is 6.15. The van der Waals surface area contributed by atoms with Gasteiger partial charge >= 0.3 is 0 Å². The number of aliphatic hydroxyl groups excluding tert-OH is 1. The number of nitrogens with zero attached hydrogens (tertiary/aromatic N) is 2. The van der Waals surface area contributed by atoms with Gasteiger partial charge in [0.15, 0.2) is 0 Å². The first-order valence-corrected chi connectivity index (χ1v) is 7.15. The lowest BCUT2D eigenvalue weighted by molar-refractivity contribution is 0.0234. The van der Waals surface area contributed by atoms with Gasteiger partial charge in [0.2, 0.25) is 5.88 Å². The molecule has 2 aromatic rings. The first kappa shape index (κ1) is 14.5. The molecule has 1 atom stereocenters. The molecule has 2 heterocycles. The highest BCUT2D eigenvalue weighted by Crippen LogP contribution is 2.38. The van der Waals surface area contributed by atoms with Crippen LogP contribution in [0, 0.1) is 5.92 Å². The molecule has 2 aromatic heterocycles. The molecule has 22 heavy (non-hydrogen) atoms. The highest BCUT2D eigenvalue weighted by Gasteiger charge is 2.36. The van der Waals surface area contributed by atoms with Crippen molar-refractivity contribution in [3.8, 4) is 5.88 Å². The Hall–Kier alpha value is -2.41. The third-order valence-corrected chi connectivity index (χ3v) is 3.98. The molecule has 1 aliphatic rings. The lowest BCUT2D eigenvalue weighted by atomic mass is 9.75. The van der Waals surface area contributed by atoms with Gasteiger partial charge < -0.3 is 15.2 Å². The predicted octanol–water partition coefficient (Wildman–Crippen LogP) is 1.06. The molecular formula is C15H18N4O3. The molecule has 0 saturated heterocycles. The van der Waals surface area contributed by atoms with Crippen molar-refractivity contribution in [3.05, 3.63) is 41.9 Å². The number of ether oxygens (including phenoxy) is 1. The van der Waals surface area contributed by atoms with Crippen LogP contribution in [0.25, 0.3) is 0 Å². The van der Waals surface area contributed by atoms with Gasteiger partial charge in [-0.25, -0.2) is 4.98 Å². The molecule has 3 rings (SSSR count). The van der Waals surface area contributed by atoms with Crippen LogP contribution in [-0.4, -0.2) is 39.4 Å². The molecule has 0 spiro atoms. The topological polar surface area (TPSA) is 100 Å². The minimum absolute atomic E-state index is 0.192. The SMILES string of the molecule is COc1ccc([C@H](NC(=O)c2ccn[nH]2)C2CC(O)C2)cn1. The fraction of sp³-hybridized carbons (Fsp3) is 0.400. The van der Waals surface area contributed by atoms with E-state index < -0.39 is 0 Å². The van der Waals surface area contributed by atoms with E-state index in [2.05, 4.69) is 20.5 Å². The molecular weight excluding hydrogens is 284 g/mol. The summed E-state index contributed by atoms with van der Waals surface area (Å²) in [5, 5.41) is 19.0. The summed E-state index contributed by atoms with van der Waals surface area (Å²) in [6.07, 6.45) is 4.27. The van der Waals surface area contributed by atoms with Gasteiger partial charge in [-0.3, -0.25) is 9.89 Å². The lowest BCUT2D eigenvalue weighted by Crippen LogP contribution is -2.41. The lowest BCUT2D eigenvalue weighted by Gasteiger charge is -2.38. The fourth-order valence-electron chi connectivity index (χ4n) is 2.67.